The summed E-state index contributed by atoms with van der Waals surface area (Å²) in [5.74, 6) is -0.603. The first-order chi connectivity index (χ1) is 13.0. The average molecular weight is 445 g/mol. The van der Waals surface area contributed by atoms with Gasteiger partial charge in [0.2, 0.25) is 5.91 Å². The first-order valence-electron chi connectivity index (χ1n) is 10.5. The van der Waals surface area contributed by atoms with Crippen LogP contribution in [-0.2, 0) is 14.3 Å². The van der Waals surface area contributed by atoms with Gasteiger partial charge in [0.05, 0.1) is 6.61 Å². The van der Waals surface area contributed by atoms with Gasteiger partial charge in [-0.2, -0.15) is 0 Å². The summed E-state index contributed by atoms with van der Waals surface area (Å²) >= 11 is 0. The third kappa shape index (κ3) is 22.0. The Morgan fingerprint density at radius 1 is 0.966 bits per heavy atom. The Morgan fingerprint density at radius 3 is 2.03 bits per heavy atom. The molecule has 5 N–H and O–H groups in total. The van der Waals surface area contributed by atoms with E-state index in [4.69, 9.17) is 15.9 Å². The molecule has 0 aromatic carbocycles. The number of carbonyl (C=O) groups excluding carboxylic acids is 2. The van der Waals surface area contributed by atoms with E-state index in [1.165, 1.54) is 38.5 Å². The van der Waals surface area contributed by atoms with Gasteiger partial charge in [-0.25, -0.2) is 4.79 Å². The van der Waals surface area contributed by atoms with E-state index in [2.05, 4.69) is 17.6 Å². The van der Waals surface area contributed by atoms with Crippen molar-refractivity contribution in [2.45, 2.75) is 96.9 Å². The van der Waals surface area contributed by atoms with E-state index in [9.17, 15) is 9.59 Å². The van der Waals surface area contributed by atoms with Gasteiger partial charge in [0.15, 0.2) is 5.96 Å². The van der Waals surface area contributed by atoms with Crippen molar-refractivity contribution >= 4 is 59.8 Å². The third-order valence-electron chi connectivity index (χ3n) is 4.40. The van der Waals surface area contributed by atoms with Crippen LogP contribution in [-0.4, -0.2) is 66.6 Å². The molecule has 0 spiro atoms. The summed E-state index contributed by atoms with van der Waals surface area (Å²) in [7, 11) is 0. The molecule has 0 saturated heterocycles. The van der Waals surface area contributed by atoms with Gasteiger partial charge in [0, 0.05) is 13.0 Å². The number of hydrogen-bond donors (Lipinski definition) is 4. The second kappa shape index (κ2) is 23.8. The van der Waals surface area contributed by atoms with Crippen LogP contribution in [0.5, 0.6) is 0 Å². The Balaban J connectivity index is -0.00000338. The number of unbranched alkanes of at least 4 members (excludes halogenated alkanes) is 8. The SMILES string of the molecule is CCCCCCCCCCCC(=O)N[C@@H](CCCNC(=N)N)C(=O)OCC.Cl.[NaH]. The van der Waals surface area contributed by atoms with Crippen LogP contribution in [0, 0.1) is 5.41 Å². The quantitative estimate of drug-likeness (QED) is 0.0904. The van der Waals surface area contributed by atoms with Crippen molar-refractivity contribution in [3.8, 4) is 0 Å². The normalized spacial score (nSPS) is 10.8. The molecule has 0 aliphatic carbocycles. The fourth-order valence-electron chi connectivity index (χ4n) is 2.88. The number of nitrogens with one attached hydrogen (secondary N) is 3. The average Bonchev–Trinajstić information content (AvgIpc) is 2.62. The standard InChI is InChI=1S/C20H40N4O3.ClH.Na.H/c1-3-5-6-7-8-9-10-11-12-15-18(25)24-17(19(26)27-4-2)14-13-16-23-20(21)22;;;/h17H,3-16H2,1-2H3,(H,24,25)(H4,21,22,23);1H;;/t17-;;;/m0.../s1. The van der Waals surface area contributed by atoms with Crippen molar-refractivity contribution in [1.29, 1.82) is 5.41 Å². The molecule has 0 heterocycles. The van der Waals surface area contributed by atoms with Gasteiger partial charge >= 0.3 is 35.5 Å². The van der Waals surface area contributed by atoms with Crippen molar-refractivity contribution in [2.75, 3.05) is 13.2 Å². The van der Waals surface area contributed by atoms with Crippen LogP contribution in [0.4, 0.5) is 0 Å². The van der Waals surface area contributed by atoms with Gasteiger partial charge in [0.1, 0.15) is 6.04 Å². The number of amides is 1. The summed E-state index contributed by atoms with van der Waals surface area (Å²) in [5, 5.41) is 12.6. The number of guanidine groups is 1. The van der Waals surface area contributed by atoms with Crippen LogP contribution >= 0.6 is 12.4 Å². The molecule has 0 aliphatic heterocycles. The Labute approximate surface area is 205 Å². The molecule has 0 aromatic rings. The molecule has 0 fully saturated rings. The van der Waals surface area contributed by atoms with Crippen LogP contribution in [0.2, 0.25) is 0 Å². The fourth-order valence-corrected chi connectivity index (χ4v) is 2.88. The maximum atomic E-state index is 12.1. The van der Waals surface area contributed by atoms with E-state index < -0.39 is 12.0 Å². The van der Waals surface area contributed by atoms with Crippen LogP contribution in [0.25, 0.3) is 0 Å². The number of hydrogen-bond acceptors (Lipinski definition) is 4. The van der Waals surface area contributed by atoms with Gasteiger partial charge in [-0.15, -0.1) is 12.4 Å². The Morgan fingerprint density at radius 2 is 1.52 bits per heavy atom. The van der Waals surface area contributed by atoms with E-state index in [-0.39, 0.29) is 60.4 Å². The second-order valence-electron chi connectivity index (χ2n) is 6.93. The number of rotatable bonds is 17. The summed E-state index contributed by atoms with van der Waals surface area (Å²) in [5.41, 5.74) is 5.23. The van der Waals surface area contributed by atoms with Crippen molar-refractivity contribution in [1.82, 2.24) is 10.6 Å². The fraction of sp³-hybridized carbons (Fsp3) is 0.850. The number of nitrogens with two attached hydrogens (primary N) is 1. The molecule has 9 heteroatoms. The van der Waals surface area contributed by atoms with E-state index in [0.29, 0.717) is 25.8 Å². The van der Waals surface area contributed by atoms with Crippen LogP contribution in [0.3, 0.4) is 0 Å². The molecule has 29 heavy (non-hydrogen) atoms. The second-order valence-corrected chi connectivity index (χ2v) is 6.93. The first kappa shape index (κ1) is 33.1. The molecule has 0 aliphatic rings. The predicted octanol–water partition coefficient (Wildman–Crippen LogP) is 2.99. The van der Waals surface area contributed by atoms with Gasteiger partial charge in [-0.1, -0.05) is 58.3 Å². The van der Waals surface area contributed by atoms with Crippen molar-refractivity contribution in [3.05, 3.63) is 0 Å². The molecule has 0 rings (SSSR count). The molecule has 168 valence electrons. The van der Waals surface area contributed by atoms with Gasteiger partial charge in [0.25, 0.3) is 0 Å². The number of esters is 1. The predicted molar refractivity (Wildman–Crippen MR) is 124 cm³/mol. The number of carbonyl (C=O) groups is 2. The summed E-state index contributed by atoms with van der Waals surface area (Å²) in [4.78, 5) is 24.1. The zero-order valence-corrected chi connectivity index (χ0v) is 18.5. The summed E-state index contributed by atoms with van der Waals surface area (Å²) in [6, 6.07) is -0.634. The van der Waals surface area contributed by atoms with Crippen LogP contribution < -0.4 is 16.4 Å². The molecular formula is C20H42ClN4NaO3. The molecule has 0 aromatic heterocycles. The molecule has 1 amide bonds. The third-order valence-corrected chi connectivity index (χ3v) is 4.40. The van der Waals surface area contributed by atoms with E-state index >= 15 is 0 Å². The molecule has 0 radical (unpaired) electrons. The molecule has 0 unspecified atom stereocenters. The molecule has 7 nitrogen and oxygen atoms in total. The minimum absolute atomic E-state index is 0. The zero-order valence-electron chi connectivity index (χ0n) is 17.7. The van der Waals surface area contributed by atoms with Crippen molar-refractivity contribution in [3.63, 3.8) is 0 Å². The topological polar surface area (TPSA) is 117 Å². The zero-order chi connectivity index (χ0) is 20.3. The molecule has 1 atom stereocenters. The minimum atomic E-state index is -0.634. The van der Waals surface area contributed by atoms with Crippen molar-refractivity contribution < 1.29 is 14.3 Å². The Hall–Kier alpha value is -0.500. The Kier molecular flexibility index (Phi) is 27.2. The summed E-state index contributed by atoms with van der Waals surface area (Å²) < 4.78 is 5.04. The molecule has 0 saturated carbocycles. The van der Waals surface area contributed by atoms with Gasteiger partial charge in [-0.05, 0) is 26.2 Å². The monoisotopic (exact) mass is 444 g/mol. The van der Waals surface area contributed by atoms with Crippen LogP contribution in [0.15, 0.2) is 0 Å². The molecule has 0 bridgehead atoms. The molecular weight excluding hydrogens is 403 g/mol. The number of halogens is 1. The summed E-state index contributed by atoms with van der Waals surface area (Å²) in [6.07, 6.45) is 12.3. The first-order valence-corrected chi connectivity index (χ1v) is 10.5. The van der Waals surface area contributed by atoms with Crippen LogP contribution in [0.1, 0.15) is 90.9 Å². The van der Waals surface area contributed by atoms with E-state index in [1.807, 2.05) is 0 Å². The van der Waals surface area contributed by atoms with Gasteiger partial charge in [-0.3, -0.25) is 10.2 Å². The Bertz CT molecular complexity index is 429. The van der Waals surface area contributed by atoms with Gasteiger partial charge < -0.3 is 21.1 Å². The van der Waals surface area contributed by atoms with E-state index in [0.717, 1.165) is 19.3 Å². The maximum absolute atomic E-state index is 12.1. The van der Waals surface area contributed by atoms with Crippen molar-refractivity contribution in [2.24, 2.45) is 5.73 Å². The van der Waals surface area contributed by atoms with E-state index in [1.54, 1.807) is 6.92 Å². The number of ether oxygens (including phenoxy) is 1. The summed E-state index contributed by atoms with van der Waals surface area (Å²) in [6.45, 7) is 4.74.